The fourth-order valence-electron chi connectivity index (χ4n) is 3.13. The Morgan fingerprint density at radius 1 is 0.897 bits per heavy atom. The number of sulfone groups is 1. The minimum Gasteiger partial charge on any atom is -0.255 e. The first-order valence-corrected chi connectivity index (χ1v) is 10.7. The van der Waals surface area contributed by atoms with Gasteiger partial charge in [0.05, 0.1) is 26.9 Å². The Balaban J connectivity index is 2.06. The predicted molar refractivity (Wildman–Crippen MR) is 114 cm³/mol. The number of benzene rings is 3. The maximum absolute atomic E-state index is 13.5. The van der Waals surface area contributed by atoms with Crippen molar-refractivity contribution in [1.29, 1.82) is 5.26 Å². The van der Waals surface area contributed by atoms with E-state index in [1.807, 2.05) is 6.07 Å². The lowest BCUT2D eigenvalue weighted by Gasteiger charge is -2.14. The number of fused-ring (bicyclic) bond motifs is 1. The quantitative estimate of drug-likeness (QED) is 0.398. The molecule has 0 aliphatic carbocycles. The van der Waals surface area contributed by atoms with Gasteiger partial charge in [0, 0.05) is 27.2 Å². The number of pyridine rings is 1. The molecule has 0 amide bonds. The molecule has 0 radical (unpaired) electrons. The van der Waals surface area contributed by atoms with Gasteiger partial charge in [0.2, 0.25) is 9.84 Å². The van der Waals surface area contributed by atoms with Gasteiger partial charge in [0.1, 0.15) is 0 Å². The summed E-state index contributed by atoms with van der Waals surface area (Å²) in [5, 5.41) is 10.8. The predicted octanol–water partition coefficient (Wildman–Crippen LogP) is 5.91. The number of halogens is 2. The Labute approximate surface area is 177 Å². The summed E-state index contributed by atoms with van der Waals surface area (Å²) in [7, 11) is -3.94. The molecule has 3 aromatic carbocycles. The second-order valence-electron chi connectivity index (χ2n) is 6.31. The number of hydrogen-bond donors (Lipinski definition) is 0. The topological polar surface area (TPSA) is 70.8 Å². The second kappa shape index (κ2) is 7.49. The highest BCUT2D eigenvalue weighted by molar-refractivity contribution is 7.91. The van der Waals surface area contributed by atoms with Crippen molar-refractivity contribution in [3.05, 3.63) is 88.5 Å². The van der Waals surface area contributed by atoms with Gasteiger partial charge >= 0.3 is 0 Å². The van der Waals surface area contributed by atoms with E-state index in [1.54, 1.807) is 54.6 Å². The van der Waals surface area contributed by atoms with E-state index in [-0.39, 0.29) is 15.4 Å². The van der Waals surface area contributed by atoms with Crippen molar-refractivity contribution in [2.45, 2.75) is 9.79 Å². The van der Waals surface area contributed by atoms with E-state index < -0.39 is 9.84 Å². The molecule has 0 aliphatic heterocycles. The largest absolute Gasteiger partial charge is 0.255 e. The molecule has 0 saturated heterocycles. The van der Waals surface area contributed by atoms with Crippen LogP contribution in [0.2, 0.25) is 10.0 Å². The third-order valence-corrected chi connectivity index (χ3v) is 6.74. The summed E-state index contributed by atoms with van der Waals surface area (Å²) < 4.78 is 26.9. The molecular formula is C22H12Cl2N2O2S. The fraction of sp³-hybridized carbons (Fsp3) is 0. The molecule has 29 heavy (non-hydrogen) atoms. The van der Waals surface area contributed by atoms with E-state index in [2.05, 4.69) is 4.98 Å². The van der Waals surface area contributed by atoms with Crippen LogP contribution in [0.25, 0.3) is 22.0 Å². The van der Waals surface area contributed by atoms with Gasteiger partial charge in [-0.05, 0) is 48.0 Å². The van der Waals surface area contributed by atoms with E-state index in [9.17, 15) is 8.42 Å². The maximum Gasteiger partial charge on any atom is 0.208 e. The summed E-state index contributed by atoms with van der Waals surface area (Å²) in [4.78, 5) is 4.40. The number of rotatable bonds is 3. The Bertz CT molecular complexity index is 1390. The van der Waals surface area contributed by atoms with Crippen LogP contribution in [0.1, 0.15) is 5.56 Å². The average molecular weight is 439 g/mol. The van der Waals surface area contributed by atoms with Crippen LogP contribution in [0.3, 0.4) is 0 Å². The number of aromatic nitrogens is 1. The summed E-state index contributed by atoms with van der Waals surface area (Å²) in [5.74, 6) is 0. The van der Waals surface area contributed by atoms with Crippen molar-refractivity contribution in [2.24, 2.45) is 0 Å². The molecule has 1 aromatic heterocycles. The lowest BCUT2D eigenvalue weighted by molar-refractivity contribution is 0.596. The summed E-state index contributed by atoms with van der Waals surface area (Å²) in [5.41, 5.74) is 2.02. The Morgan fingerprint density at radius 3 is 2.34 bits per heavy atom. The summed E-state index contributed by atoms with van der Waals surface area (Å²) in [6.45, 7) is 0. The monoisotopic (exact) mass is 438 g/mol. The van der Waals surface area contributed by atoms with Crippen LogP contribution in [-0.4, -0.2) is 13.4 Å². The highest BCUT2D eigenvalue weighted by Crippen LogP contribution is 2.37. The van der Waals surface area contributed by atoms with E-state index in [1.165, 1.54) is 18.3 Å². The summed E-state index contributed by atoms with van der Waals surface area (Å²) >= 11 is 12.1. The zero-order valence-electron chi connectivity index (χ0n) is 14.8. The fourth-order valence-corrected chi connectivity index (χ4v) is 4.90. The second-order valence-corrected chi connectivity index (χ2v) is 9.10. The van der Waals surface area contributed by atoms with Crippen LogP contribution in [0.5, 0.6) is 0 Å². The molecule has 0 bridgehead atoms. The van der Waals surface area contributed by atoms with Gasteiger partial charge < -0.3 is 0 Å². The van der Waals surface area contributed by atoms with Gasteiger partial charge in [-0.3, -0.25) is 4.98 Å². The zero-order chi connectivity index (χ0) is 20.6. The van der Waals surface area contributed by atoms with E-state index >= 15 is 0 Å². The third kappa shape index (κ3) is 3.58. The van der Waals surface area contributed by atoms with E-state index in [0.717, 1.165) is 0 Å². The van der Waals surface area contributed by atoms with Gasteiger partial charge in [-0.2, -0.15) is 5.26 Å². The van der Waals surface area contributed by atoms with Crippen LogP contribution >= 0.6 is 23.2 Å². The van der Waals surface area contributed by atoms with Crippen molar-refractivity contribution in [3.63, 3.8) is 0 Å². The lowest BCUT2D eigenvalue weighted by atomic mass is 10.0. The van der Waals surface area contributed by atoms with E-state index in [0.29, 0.717) is 32.1 Å². The van der Waals surface area contributed by atoms with Gasteiger partial charge in [0.25, 0.3) is 0 Å². The average Bonchev–Trinajstić information content (AvgIpc) is 2.73. The van der Waals surface area contributed by atoms with Crippen LogP contribution in [0, 0.1) is 11.3 Å². The maximum atomic E-state index is 13.5. The molecule has 0 spiro atoms. The zero-order valence-corrected chi connectivity index (χ0v) is 17.1. The molecule has 4 rings (SSSR count). The molecule has 1 heterocycles. The molecule has 0 unspecified atom stereocenters. The third-order valence-electron chi connectivity index (χ3n) is 4.49. The Hall–Kier alpha value is -2.91. The highest BCUT2D eigenvalue weighted by Gasteiger charge is 2.25. The number of nitrogens with zero attached hydrogens (tertiary/aromatic N) is 2. The first kappa shape index (κ1) is 19.4. The molecule has 0 N–H and O–H groups in total. The van der Waals surface area contributed by atoms with Gasteiger partial charge in [-0.25, -0.2) is 8.42 Å². The Kier molecular flexibility index (Phi) is 5.01. The smallest absolute Gasteiger partial charge is 0.208 e. The van der Waals surface area contributed by atoms with Crippen molar-refractivity contribution < 1.29 is 8.42 Å². The van der Waals surface area contributed by atoms with Crippen LogP contribution in [0.15, 0.2) is 82.7 Å². The van der Waals surface area contributed by atoms with E-state index in [4.69, 9.17) is 28.5 Å². The Morgan fingerprint density at radius 2 is 1.62 bits per heavy atom. The van der Waals surface area contributed by atoms with Crippen LogP contribution in [0.4, 0.5) is 0 Å². The molecule has 4 nitrogen and oxygen atoms in total. The van der Waals surface area contributed by atoms with Crippen molar-refractivity contribution in [1.82, 2.24) is 4.98 Å². The molecule has 7 heteroatoms. The first-order valence-electron chi connectivity index (χ1n) is 8.49. The molecule has 0 saturated carbocycles. The summed E-state index contributed by atoms with van der Waals surface area (Å²) in [6.07, 6.45) is 1.33. The van der Waals surface area contributed by atoms with Crippen LogP contribution < -0.4 is 0 Å². The summed E-state index contributed by atoms with van der Waals surface area (Å²) in [6, 6.07) is 19.9. The molecule has 0 aliphatic rings. The first-order chi connectivity index (χ1) is 13.9. The van der Waals surface area contributed by atoms with Crippen molar-refractivity contribution in [3.8, 4) is 17.2 Å². The van der Waals surface area contributed by atoms with Crippen molar-refractivity contribution in [2.75, 3.05) is 0 Å². The SMILES string of the molecule is N#Cc1cccc(S(=O)(=O)c2cnc3cc(Cl)ccc3c2-c2ccc(Cl)cc2)c1. The van der Waals surface area contributed by atoms with Crippen LogP contribution in [-0.2, 0) is 9.84 Å². The number of hydrogen-bond acceptors (Lipinski definition) is 4. The van der Waals surface area contributed by atoms with Gasteiger partial charge in [0.15, 0.2) is 0 Å². The molecule has 0 atom stereocenters. The minimum absolute atomic E-state index is 0.0295. The number of nitriles is 1. The van der Waals surface area contributed by atoms with Gasteiger partial charge in [-0.1, -0.05) is 47.5 Å². The standard InChI is InChI=1S/C22H12Cl2N2O2S/c23-16-6-4-15(5-7-16)22-19-9-8-17(24)11-20(19)26-13-21(22)29(27,28)18-3-1-2-14(10-18)12-25/h1-11,13H. The lowest BCUT2D eigenvalue weighted by Crippen LogP contribution is -2.06. The molecule has 142 valence electrons. The normalized spacial score (nSPS) is 11.3. The highest BCUT2D eigenvalue weighted by atomic mass is 35.5. The van der Waals surface area contributed by atoms with Gasteiger partial charge in [-0.15, -0.1) is 0 Å². The molecular weight excluding hydrogens is 427 g/mol. The van der Waals surface area contributed by atoms with Crippen molar-refractivity contribution >= 4 is 43.9 Å². The molecule has 0 fully saturated rings. The minimum atomic E-state index is -3.94. The molecule has 4 aromatic rings.